The molecule has 0 saturated heterocycles. The van der Waals surface area contributed by atoms with E-state index in [2.05, 4.69) is 26.3 Å². The van der Waals surface area contributed by atoms with Crippen LogP contribution in [0.25, 0.3) is 11.3 Å². The molecule has 0 radical (unpaired) electrons. The van der Waals surface area contributed by atoms with Gasteiger partial charge in [0.2, 0.25) is 11.8 Å². The lowest BCUT2D eigenvalue weighted by Crippen LogP contribution is -2.57. The van der Waals surface area contributed by atoms with E-state index < -0.39 is 23.3 Å². The smallest absolute Gasteiger partial charge is 0.313 e. The maximum Gasteiger partial charge on any atom is 0.313 e. The largest absolute Gasteiger partial charge is 0.496 e. The molecular weight excluding hydrogens is 406 g/mol. The van der Waals surface area contributed by atoms with Gasteiger partial charge in [-0.3, -0.25) is 19.2 Å². The molecule has 4 amide bonds. The second kappa shape index (κ2) is 10.2. The Kier molecular flexibility index (Phi) is 7.72. The van der Waals surface area contributed by atoms with Crippen LogP contribution in [0.2, 0.25) is 0 Å². The molecule has 166 valence electrons. The van der Waals surface area contributed by atoms with Crippen molar-refractivity contribution in [2.45, 2.75) is 26.3 Å². The molecule has 2 rings (SSSR count). The molecule has 0 aliphatic carbocycles. The summed E-state index contributed by atoms with van der Waals surface area (Å²) in [7, 11) is 1.46. The molecule has 0 unspecified atom stereocenters. The lowest BCUT2D eigenvalue weighted by atomic mass is 10.0. The van der Waals surface area contributed by atoms with E-state index in [1.807, 2.05) is 0 Å². The topological polar surface area (TPSA) is 152 Å². The molecule has 0 bridgehead atoms. The van der Waals surface area contributed by atoms with Crippen LogP contribution < -0.4 is 26.0 Å². The zero-order valence-electron chi connectivity index (χ0n) is 17.7. The number of oxazole rings is 1. The summed E-state index contributed by atoms with van der Waals surface area (Å²) in [5, 5.41) is 9.95. The van der Waals surface area contributed by atoms with Crippen LogP contribution in [0.4, 0.5) is 5.69 Å². The molecule has 11 heteroatoms. The molecule has 0 fully saturated rings. The normalized spacial score (nSPS) is 10.7. The highest BCUT2D eigenvalue weighted by atomic mass is 16.5. The highest BCUT2D eigenvalue weighted by Crippen LogP contribution is 2.32. The number of aromatic nitrogens is 1. The molecule has 1 aromatic heterocycles. The van der Waals surface area contributed by atoms with Crippen molar-refractivity contribution in [3.63, 3.8) is 0 Å². The minimum atomic E-state index is -1.35. The summed E-state index contributed by atoms with van der Waals surface area (Å²) in [6, 6.07) is 4.76. The number of benzene rings is 1. The van der Waals surface area contributed by atoms with E-state index in [1.54, 1.807) is 12.1 Å². The van der Waals surface area contributed by atoms with E-state index in [4.69, 9.17) is 9.15 Å². The van der Waals surface area contributed by atoms with Crippen LogP contribution >= 0.6 is 0 Å². The average molecular weight is 431 g/mol. The molecular formula is C20H25N5O6. The zero-order valence-corrected chi connectivity index (χ0v) is 17.7. The van der Waals surface area contributed by atoms with E-state index in [1.165, 1.54) is 46.5 Å². The van der Waals surface area contributed by atoms with Gasteiger partial charge in [-0.2, -0.15) is 0 Å². The van der Waals surface area contributed by atoms with E-state index in [0.717, 1.165) is 0 Å². The van der Waals surface area contributed by atoms with Crippen molar-refractivity contribution in [3.05, 3.63) is 30.8 Å². The fourth-order valence-electron chi connectivity index (χ4n) is 2.54. The van der Waals surface area contributed by atoms with E-state index >= 15 is 0 Å². The minimum absolute atomic E-state index is 0.182. The number of nitrogens with zero attached hydrogens (tertiary/aromatic N) is 1. The third-order valence-corrected chi connectivity index (χ3v) is 4.14. The first-order chi connectivity index (χ1) is 14.6. The number of rotatable bonds is 8. The summed E-state index contributed by atoms with van der Waals surface area (Å²) in [4.78, 5) is 51.5. The first kappa shape index (κ1) is 23.4. The molecule has 4 N–H and O–H groups in total. The number of nitrogens with one attached hydrogen (secondary N) is 4. The number of carbonyl (C=O) groups is 4. The zero-order chi connectivity index (χ0) is 23.0. The van der Waals surface area contributed by atoms with Crippen molar-refractivity contribution in [1.82, 2.24) is 20.9 Å². The number of anilines is 1. The summed E-state index contributed by atoms with van der Waals surface area (Å²) < 4.78 is 10.6. The molecule has 0 spiro atoms. The summed E-state index contributed by atoms with van der Waals surface area (Å²) in [6.07, 6.45) is 2.80. The fraction of sp³-hybridized carbons (Fsp3) is 0.350. The monoisotopic (exact) mass is 431 g/mol. The van der Waals surface area contributed by atoms with Gasteiger partial charge in [0.25, 0.3) is 0 Å². The van der Waals surface area contributed by atoms with Crippen molar-refractivity contribution in [1.29, 1.82) is 0 Å². The molecule has 1 aromatic carbocycles. The van der Waals surface area contributed by atoms with Gasteiger partial charge in [-0.25, -0.2) is 4.98 Å². The third-order valence-electron chi connectivity index (χ3n) is 4.14. The Morgan fingerprint density at radius 3 is 2.42 bits per heavy atom. The Morgan fingerprint density at radius 2 is 1.81 bits per heavy atom. The average Bonchev–Trinajstić information content (AvgIpc) is 3.24. The number of hydrogen-bond donors (Lipinski definition) is 4. The van der Waals surface area contributed by atoms with Crippen LogP contribution in [0.1, 0.15) is 20.8 Å². The number of methoxy groups -OCH3 is 1. The van der Waals surface area contributed by atoms with Crippen molar-refractivity contribution in [2.24, 2.45) is 0 Å². The van der Waals surface area contributed by atoms with Gasteiger partial charge < -0.3 is 30.4 Å². The van der Waals surface area contributed by atoms with E-state index in [9.17, 15) is 19.2 Å². The molecule has 0 aliphatic rings. The number of carbonyl (C=O) groups excluding carboxylic acids is 4. The second-order valence-corrected chi connectivity index (χ2v) is 7.05. The Bertz CT molecular complexity index is 955. The summed E-state index contributed by atoms with van der Waals surface area (Å²) >= 11 is 0. The molecule has 2 aromatic rings. The lowest BCUT2D eigenvalue weighted by molar-refractivity contribution is -0.139. The van der Waals surface area contributed by atoms with Crippen LogP contribution in [0.5, 0.6) is 5.75 Å². The first-order valence-corrected chi connectivity index (χ1v) is 9.37. The van der Waals surface area contributed by atoms with Gasteiger partial charge in [-0.05, 0) is 26.0 Å². The molecule has 0 aliphatic heterocycles. The SMILES string of the molecule is COc1cc(NC(=O)C(=O)NC(C)(C)C(=O)NCCNC(C)=O)ccc1-c1cnco1. The van der Waals surface area contributed by atoms with Crippen LogP contribution in [0.3, 0.4) is 0 Å². The summed E-state index contributed by atoms with van der Waals surface area (Å²) in [5.74, 6) is -1.76. The van der Waals surface area contributed by atoms with E-state index in [-0.39, 0.29) is 19.0 Å². The molecule has 1 heterocycles. The fourth-order valence-corrected chi connectivity index (χ4v) is 2.54. The number of amides is 4. The van der Waals surface area contributed by atoms with Gasteiger partial charge in [0, 0.05) is 31.8 Å². The Labute approximate surface area is 178 Å². The highest BCUT2D eigenvalue weighted by Gasteiger charge is 2.31. The van der Waals surface area contributed by atoms with Gasteiger partial charge in [0.05, 0.1) is 18.9 Å². The highest BCUT2D eigenvalue weighted by molar-refractivity contribution is 6.40. The van der Waals surface area contributed by atoms with E-state index in [0.29, 0.717) is 22.8 Å². The van der Waals surface area contributed by atoms with Crippen molar-refractivity contribution >= 4 is 29.3 Å². The molecule has 31 heavy (non-hydrogen) atoms. The van der Waals surface area contributed by atoms with Crippen molar-refractivity contribution in [2.75, 3.05) is 25.5 Å². The van der Waals surface area contributed by atoms with Crippen LogP contribution in [-0.2, 0) is 19.2 Å². The predicted molar refractivity (Wildman–Crippen MR) is 111 cm³/mol. The Balaban J connectivity index is 1.96. The van der Waals surface area contributed by atoms with Gasteiger partial charge >= 0.3 is 11.8 Å². The maximum absolute atomic E-state index is 12.3. The first-order valence-electron chi connectivity index (χ1n) is 9.37. The molecule has 0 saturated carbocycles. The Hall–Kier alpha value is -3.89. The Morgan fingerprint density at radius 1 is 1.10 bits per heavy atom. The van der Waals surface area contributed by atoms with Gasteiger partial charge in [-0.15, -0.1) is 0 Å². The standard InChI is InChI=1S/C20H25N5O6/c1-12(26)22-7-8-23-19(29)20(2,3)25-18(28)17(27)24-13-5-6-14(15(9-13)30-4)16-10-21-11-31-16/h5-6,9-11H,7-8H2,1-4H3,(H,22,26)(H,23,29)(H,24,27)(H,25,28). The predicted octanol–water partition coefficient (Wildman–Crippen LogP) is 0.436. The van der Waals surface area contributed by atoms with Crippen molar-refractivity contribution < 1.29 is 28.3 Å². The van der Waals surface area contributed by atoms with Crippen molar-refractivity contribution in [3.8, 4) is 17.1 Å². The maximum atomic E-state index is 12.3. The lowest BCUT2D eigenvalue weighted by Gasteiger charge is -2.24. The second-order valence-electron chi connectivity index (χ2n) is 7.05. The molecule has 0 atom stereocenters. The van der Waals surface area contributed by atoms with Crippen LogP contribution in [0, 0.1) is 0 Å². The quantitative estimate of drug-likeness (QED) is 0.349. The van der Waals surface area contributed by atoms with Gasteiger partial charge in [0.15, 0.2) is 12.2 Å². The number of hydrogen-bond acceptors (Lipinski definition) is 7. The minimum Gasteiger partial charge on any atom is -0.496 e. The summed E-state index contributed by atoms with van der Waals surface area (Å²) in [5.41, 5.74) is -0.407. The van der Waals surface area contributed by atoms with Gasteiger partial charge in [-0.1, -0.05) is 0 Å². The van der Waals surface area contributed by atoms with Crippen LogP contribution in [-0.4, -0.2) is 54.4 Å². The molecule has 11 nitrogen and oxygen atoms in total. The van der Waals surface area contributed by atoms with Gasteiger partial charge in [0.1, 0.15) is 11.3 Å². The summed E-state index contributed by atoms with van der Waals surface area (Å²) in [6.45, 7) is 4.71. The third kappa shape index (κ3) is 6.56. The number of ether oxygens (including phenoxy) is 1. The van der Waals surface area contributed by atoms with Crippen LogP contribution in [0.15, 0.2) is 35.2 Å².